The molecule has 14 heteroatoms. The lowest BCUT2D eigenvalue weighted by Crippen LogP contribution is -2.44. The Morgan fingerprint density at radius 3 is 2.32 bits per heavy atom. The number of hydrogen-bond acceptors (Lipinski definition) is 9. The topological polar surface area (TPSA) is 172 Å². The Labute approximate surface area is 354 Å². The third kappa shape index (κ3) is 8.41. The summed E-state index contributed by atoms with van der Waals surface area (Å²) in [5.74, 6) is 1.63. The summed E-state index contributed by atoms with van der Waals surface area (Å²) in [4.78, 5) is 56.2. The number of anilines is 1. The van der Waals surface area contributed by atoms with Gasteiger partial charge in [0.05, 0.1) is 52.7 Å². The van der Waals surface area contributed by atoms with Gasteiger partial charge in [-0.1, -0.05) is 35.3 Å². The number of aromatic nitrogens is 2. The largest absolute Gasteiger partial charge is 0.464 e. The molecule has 12 nitrogen and oxygen atoms in total. The van der Waals surface area contributed by atoms with Gasteiger partial charge in [0.15, 0.2) is 0 Å². The first-order valence-corrected chi connectivity index (χ1v) is 21.4. The molecule has 1 aromatic heterocycles. The van der Waals surface area contributed by atoms with Gasteiger partial charge in [0.2, 0.25) is 11.8 Å². The summed E-state index contributed by atoms with van der Waals surface area (Å²) in [6, 6.07) is 17.6. The number of ether oxygens (including phenoxy) is 2. The molecule has 1 heterocycles. The van der Waals surface area contributed by atoms with Crippen LogP contribution in [0, 0.1) is 28.6 Å². The number of benzene rings is 3. The molecule has 4 aliphatic carbocycles. The lowest BCUT2D eigenvalue weighted by atomic mass is 9.55. The summed E-state index contributed by atoms with van der Waals surface area (Å²) in [6.07, 6.45) is 8.01. The highest BCUT2D eigenvalue weighted by Crippen LogP contribution is 2.79. The van der Waals surface area contributed by atoms with Crippen molar-refractivity contribution in [2.75, 3.05) is 31.2 Å². The van der Waals surface area contributed by atoms with E-state index in [2.05, 4.69) is 28.1 Å². The lowest BCUT2D eigenvalue weighted by molar-refractivity contribution is -0.141. The zero-order valence-electron chi connectivity index (χ0n) is 33.6. The van der Waals surface area contributed by atoms with Crippen LogP contribution in [0.15, 0.2) is 60.7 Å². The van der Waals surface area contributed by atoms with Gasteiger partial charge in [-0.3, -0.25) is 19.2 Å². The zero-order valence-corrected chi connectivity index (χ0v) is 35.1. The minimum atomic E-state index is -0.912. The first-order chi connectivity index (χ1) is 28.2. The van der Waals surface area contributed by atoms with E-state index in [1.807, 2.05) is 29.2 Å². The van der Waals surface area contributed by atoms with Crippen molar-refractivity contribution in [2.24, 2.45) is 40.1 Å². The number of nitrogens with one attached hydrogen (secondary N) is 1. The molecule has 312 valence electrons. The number of nitrogens with two attached hydrogens (primary N) is 2. The highest BCUT2D eigenvalue weighted by atomic mass is 35.5. The van der Waals surface area contributed by atoms with Crippen molar-refractivity contribution < 1.29 is 28.7 Å². The van der Waals surface area contributed by atoms with Crippen LogP contribution in [-0.4, -0.2) is 65.6 Å². The molecule has 7 atom stereocenters. The summed E-state index contributed by atoms with van der Waals surface area (Å²) in [6.45, 7) is 4.87. The van der Waals surface area contributed by atoms with Gasteiger partial charge in [-0.15, -0.1) is 0 Å². The number of imidazole rings is 1. The molecule has 0 saturated heterocycles. The fourth-order valence-corrected chi connectivity index (χ4v) is 11.7. The molecular weight excluding hydrogens is 791 g/mol. The van der Waals surface area contributed by atoms with Crippen LogP contribution in [0.25, 0.3) is 22.4 Å². The van der Waals surface area contributed by atoms with E-state index in [-0.39, 0.29) is 43.4 Å². The maximum Gasteiger partial charge on any atom is 0.302 e. The Balaban J connectivity index is 1.10. The fourth-order valence-electron chi connectivity index (χ4n) is 11.3. The number of fused-ring (bicyclic) bond motifs is 3. The van der Waals surface area contributed by atoms with Crippen molar-refractivity contribution in [3.05, 3.63) is 81.8 Å². The van der Waals surface area contributed by atoms with E-state index in [1.54, 1.807) is 18.2 Å². The predicted octanol–water partition coefficient (Wildman–Crippen LogP) is 6.76. The molecule has 8 rings (SSSR count). The molecule has 5 N–H and O–H groups in total. The third-order valence-corrected chi connectivity index (χ3v) is 14.3. The van der Waals surface area contributed by atoms with Gasteiger partial charge in [-0.25, -0.2) is 4.98 Å². The monoisotopic (exact) mass is 842 g/mol. The Hall–Kier alpha value is -4.65. The summed E-state index contributed by atoms with van der Waals surface area (Å²) >= 11 is 12.3. The maximum atomic E-state index is 13.5. The predicted molar refractivity (Wildman–Crippen MR) is 227 cm³/mol. The Bertz CT molecular complexity index is 2260. The summed E-state index contributed by atoms with van der Waals surface area (Å²) in [5.41, 5.74) is 17.8. The van der Waals surface area contributed by atoms with Crippen LogP contribution in [0.5, 0.6) is 0 Å². The van der Waals surface area contributed by atoms with E-state index in [0.29, 0.717) is 34.1 Å². The molecule has 0 aliphatic heterocycles. The number of amides is 2. The van der Waals surface area contributed by atoms with Crippen LogP contribution in [0.1, 0.15) is 76.0 Å². The average molecular weight is 844 g/mol. The number of carbonyl (C=O) groups is 4. The second-order valence-corrected chi connectivity index (χ2v) is 18.3. The van der Waals surface area contributed by atoms with E-state index in [4.69, 9.17) is 49.1 Å². The van der Waals surface area contributed by atoms with Crippen molar-refractivity contribution in [1.29, 1.82) is 0 Å². The second-order valence-electron chi connectivity index (χ2n) is 17.5. The number of nitrogens with zero attached hydrogens (tertiary/aromatic N) is 3. The molecule has 4 aliphatic rings. The molecule has 6 unspecified atom stereocenters. The Morgan fingerprint density at radius 1 is 0.915 bits per heavy atom. The van der Waals surface area contributed by atoms with E-state index in [1.165, 1.54) is 52.4 Å². The lowest BCUT2D eigenvalue weighted by Gasteiger charge is -2.49. The molecule has 2 amide bonds. The van der Waals surface area contributed by atoms with Crippen molar-refractivity contribution >= 4 is 63.7 Å². The van der Waals surface area contributed by atoms with Crippen molar-refractivity contribution in [3.8, 4) is 11.4 Å². The van der Waals surface area contributed by atoms with E-state index in [0.717, 1.165) is 58.0 Å². The normalized spacial score (nSPS) is 24.6. The minimum absolute atomic E-state index is 0.119. The van der Waals surface area contributed by atoms with Gasteiger partial charge in [-0.2, -0.15) is 0 Å². The molecule has 0 radical (unpaired) electrons. The standard InChI is InChI=1S/C45H52Cl2N6O6/c1-26(54)58-13-11-52(12-14-59-27(2)55)34-7-4-30(5-8-34)42-50-39-18-31(38(20-41(49)56)51-43(57)37(48)17-28-3-9-35(46)36(47)16-28)6-10-40(39)53(42)25-44-21-29-15-32-19-33(23-44)45(32,22-29)24-44/h3-10,16,18,29,32-33,37-38H,11-15,17,19-25,48H2,1-2H3,(H2,49,56)(H,51,57)/t29?,32?,33?,37-,38?,44?,45?/m0/s1. The van der Waals surface area contributed by atoms with Gasteiger partial charge in [-0.05, 0) is 133 Å². The van der Waals surface area contributed by atoms with E-state index >= 15 is 0 Å². The first-order valence-electron chi connectivity index (χ1n) is 20.6. The molecule has 1 spiro atoms. The van der Waals surface area contributed by atoms with E-state index < -0.39 is 23.9 Å². The minimum Gasteiger partial charge on any atom is -0.464 e. The van der Waals surface area contributed by atoms with Gasteiger partial charge in [0, 0.05) is 31.6 Å². The number of esters is 2. The van der Waals surface area contributed by atoms with Crippen molar-refractivity contribution in [2.45, 2.75) is 83.8 Å². The number of halogens is 2. The van der Waals surface area contributed by atoms with Crippen LogP contribution in [-0.2, 0) is 41.6 Å². The van der Waals surface area contributed by atoms with Gasteiger partial charge >= 0.3 is 11.9 Å². The summed E-state index contributed by atoms with van der Waals surface area (Å²) < 4.78 is 12.9. The second kappa shape index (κ2) is 16.4. The van der Waals surface area contributed by atoms with Crippen molar-refractivity contribution in [1.82, 2.24) is 14.9 Å². The van der Waals surface area contributed by atoms with Crippen LogP contribution in [0.3, 0.4) is 0 Å². The molecular formula is C45H52Cl2N6O6. The SMILES string of the molecule is CC(=O)OCCN(CCOC(C)=O)c1ccc(-c2nc3cc(C(CC(N)=O)NC(=O)[C@@H](N)Cc4ccc(Cl)c(Cl)c4)ccc3n2CC23CC4CC5CC(C2)C5(C4)C3)cc1. The van der Waals surface area contributed by atoms with Gasteiger partial charge < -0.3 is 35.7 Å². The maximum absolute atomic E-state index is 13.5. The van der Waals surface area contributed by atoms with Crippen LogP contribution >= 0.6 is 23.2 Å². The van der Waals surface area contributed by atoms with Gasteiger partial charge in [0.25, 0.3) is 0 Å². The molecule has 59 heavy (non-hydrogen) atoms. The molecule has 4 fully saturated rings. The summed E-state index contributed by atoms with van der Waals surface area (Å²) in [7, 11) is 0. The molecule has 3 aromatic carbocycles. The molecule has 3 bridgehead atoms. The molecule has 4 saturated carbocycles. The Kier molecular flexibility index (Phi) is 11.4. The van der Waals surface area contributed by atoms with Crippen molar-refractivity contribution in [3.63, 3.8) is 0 Å². The number of hydrogen-bond donors (Lipinski definition) is 3. The number of primary amides is 1. The molecule has 4 aromatic rings. The van der Waals surface area contributed by atoms with Gasteiger partial charge in [0.1, 0.15) is 19.0 Å². The zero-order chi connectivity index (χ0) is 41.6. The van der Waals surface area contributed by atoms with E-state index in [9.17, 15) is 19.2 Å². The Morgan fingerprint density at radius 2 is 1.64 bits per heavy atom. The summed E-state index contributed by atoms with van der Waals surface area (Å²) in [5, 5.41) is 3.77. The van der Waals surface area contributed by atoms with Crippen LogP contribution < -0.4 is 21.7 Å². The highest BCUT2D eigenvalue weighted by molar-refractivity contribution is 6.42. The van der Waals surface area contributed by atoms with Crippen LogP contribution in [0.4, 0.5) is 5.69 Å². The average Bonchev–Trinajstić information content (AvgIpc) is 3.70. The third-order valence-electron chi connectivity index (χ3n) is 13.6. The quantitative estimate of drug-likeness (QED) is 0.0972. The van der Waals surface area contributed by atoms with Crippen LogP contribution in [0.2, 0.25) is 10.0 Å². The smallest absolute Gasteiger partial charge is 0.302 e. The first kappa shape index (κ1) is 41.1. The number of rotatable bonds is 17. The highest BCUT2D eigenvalue weighted by Gasteiger charge is 2.70. The number of carbonyl (C=O) groups excluding carboxylic acids is 4. The fraction of sp³-hybridized carbons (Fsp3) is 0.489.